The van der Waals surface area contributed by atoms with Gasteiger partial charge in [-0.05, 0) is 43.2 Å². The van der Waals surface area contributed by atoms with E-state index >= 15 is 0 Å². The van der Waals surface area contributed by atoms with Crippen LogP contribution in [0.2, 0.25) is 0 Å². The van der Waals surface area contributed by atoms with Crippen molar-refractivity contribution < 1.29 is 37.6 Å². The van der Waals surface area contributed by atoms with Gasteiger partial charge in [-0.2, -0.15) is 0 Å². The molecule has 3 aromatic rings. The van der Waals surface area contributed by atoms with Crippen LogP contribution in [0.15, 0.2) is 48.5 Å². The Balaban J connectivity index is 1.21. The molecule has 2 atom stereocenters. The second-order valence-corrected chi connectivity index (χ2v) is 8.98. The molecule has 0 amide bonds. The Morgan fingerprint density at radius 3 is 2.64 bits per heavy atom. The van der Waals surface area contributed by atoms with E-state index in [1.165, 1.54) is 13.2 Å². The molecule has 0 spiro atoms. The normalized spacial score (nSPS) is 19.2. The number of hydrogen-bond acceptors (Lipinski definition) is 7. The van der Waals surface area contributed by atoms with Gasteiger partial charge in [0.05, 0.1) is 20.1 Å². The van der Waals surface area contributed by atoms with Crippen molar-refractivity contribution in [2.75, 3.05) is 26.9 Å². The summed E-state index contributed by atoms with van der Waals surface area (Å²) in [6, 6.07) is 14.0. The van der Waals surface area contributed by atoms with E-state index in [2.05, 4.69) is 0 Å². The Morgan fingerprint density at radius 2 is 1.78 bits per heavy atom. The summed E-state index contributed by atoms with van der Waals surface area (Å²) in [5, 5.41) is 0. The summed E-state index contributed by atoms with van der Waals surface area (Å²) in [5.41, 5.74) is 2.25. The summed E-state index contributed by atoms with van der Waals surface area (Å²) in [4.78, 5) is 11.7. The van der Waals surface area contributed by atoms with Gasteiger partial charge in [-0.3, -0.25) is 4.79 Å². The number of ether oxygens (including phenoxy) is 6. The maximum atomic E-state index is 15.0. The highest BCUT2D eigenvalue weighted by molar-refractivity contribution is 5.71. The van der Waals surface area contributed by atoms with E-state index in [1.807, 2.05) is 24.3 Å². The van der Waals surface area contributed by atoms with Crippen LogP contribution >= 0.6 is 0 Å². The van der Waals surface area contributed by atoms with Gasteiger partial charge in [0.1, 0.15) is 48.1 Å². The van der Waals surface area contributed by atoms with Crippen molar-refractivity contribution in [3.8, 4) is 34.5 Å². The summed E-state index contributed by atoms with van der Waals surface area (Å²) in [7, 11) is 1.38. The average molecular weight is 492 g/mol. The molecule has 0 aromatic heterocycles. The quantitative estimate of drug-likeness (QED) is 0.421. The molecule has 1 aliphatic carbocycles. The Labute approximate surface area is 207 Å². The van der Waals surface area contributed by atoms with Gasteiger partial charge < -0.3 is 28.4 Å². The molecule has 0 bridgehead atoms. The maximum Gasteiger partial charge on any atom is 0.306 e. The van der Waals surface area contributed by atoms with Crippen LogP contribution in [0.5, 0.6) is 34.5 Å². The van der Waals surface area contributed by atoms with Gasteiger partial charge in [0.15, 0.2) is 11.5 Å². The number of halogens is 1. The van der Waals surface area contributed by atoms with E-state index in [4.69, 9.17) is 28.4 Å². The van der Waals surface area contributed by atoms with E-state index in [-0.39, 0.29) is 24.1 Å². The number of esters is 1. The molecule has 3 aliphatic rings. The van der Waals surface area contributed by atoms with E-state index in [0.29, 0.717) is 72.7 Å². The Hall–Kier alpha value is -3.94. The highest BCUT2D eigenvalue weighted by Crippen LogP contribution is 2.45. The van der Waals surface area contributed by atoms with E-state index in [0.717, 1.165) is 11.1 Å². The van der Waals surface area contributed by atoms with Crippen LogP contribution in [-0.2, 0) is 16.0 Å². The molecule has 0 saturated carbocycles. The van der Waals surface area contributed by atoms with Gasteiger partial charge in [-0.1, -0.05) is 6.07 Å². The number of carbonyl (C=O) groups is 1. The smallest absolute Gasteiger partial charge is 0.306 e. The Kier molecular flexibility index (Phi) is 5.79. The van der Waals surface area contributed by atoms with Gasteiger partial charge in [0.25, 0.3) is 0 Å². The Morgan fingerprint density at radius 1 is 0.972 bits per heavy atom. The highest BCUT2D eigenvalue weighted by Gasteiger charge is 2.32. The number of benzene rings is 3. The van der Waals surface area contributed by atoms with E-state index in [1.54, 1.807) is 18.2 Å². The van der Waals surface area contributed by atoms with Gasteiger partial charge in [-0.15, -0.1) is 0 Å². The first-order valence-electron chi connectivity index (χ1n) is 12.0. The van der Waals surface area contributed by atoms with Gasteiger partial charge >= 0.3 is 5.97 Å². The first kappa shape index (κ1) is 22.5. The van der Waals surface area contributed by atoms with Gasteiger partial charge in [-0.25, -0.2) is 4.39 Å². The number of carbonyl (C=O) groups excluding carboxylic acids is 1. The van der Waals surface area contributed by atoms with Gasteiger partial charge in [0, 0.05) is 34.7 Å². The predicted molar refractivity (Wildman–Crippen MR) is 127 cm³/mol. The van der Waals surface area contributed by atoms with E-state index in [9.17, 15) is 9.18 Å². The number of rotatable bonds is 6. The van der Waals surface area contributed by atoms with Crippen LogP contribution < -0.4 is 23.7 Å². The first-order valence-corrected chi connectivity index (χ1v) is 12.0. The SMILES string of the molecule is COC(=O)C[C@@H]1COc2cc(O[C@@H]3CCc4c(Oc5ccc6c(c5)OCCO6)ccc(F)c43)ccc21. The molecule has 0 unspecified atom stereocenters. The molecule has 0 saturated heterocycles. The molecule has 7 nitrogen and oxygen atoms in total. The fraction of sp³-hybridized carbons (Fsp3) is 0.321. The lowest BCUT2D eigenvalue weighted by atomic mass is 9.98. The zero-order valence-electron chi connectivity index (χ0n) is 19.8. The highest BCUT2D eigenvalue weighted by atomic mass is 19.1. The zero-order chi connectivity index (χ0) is 24.6. The van der Waals surface area contributed by atoms with Crippen LogP contribution in [0, 0.1) is 5.82 Å². The summed E-state index contributed by atoms with van der Waals surface area (Å²) in [6.07, 6.45) is 1.06. The lowest BCUT2D eigenvalue weighted by Gasteiger charge is -2.19. The van der Waals surface area contributed by atoms with E-state index < -0.39 is 6.10 Å². The van der Waals surface area contributed by atoms with Crippen molar-refractivity contribution in [1.82, 2.24) is 0 Å². The molecule has 186 valence electrons. The minimum absolute atomic E-state index is 0.0496. The minimum atomic E-state index is -0.450. The van der Waals surface area contributed by atoms with Crippen molar-refractivity contribution in [3.63, 3.8) is 0 Å². The van der Waals surface area contributed by atoms with Crippen LogP contribution in [-0.4, -0.2) is 32.9 Å². The number of methoxy groups -OCH3 is 1. The number of hydrogen-bond donors (Lipinski definition) is 0. The Bertz CT molecular complexity index is 1320. The molecular weight excluding hydrogens is 467 g/mol. The molecular formula is C28H25FO7. The molecule has 0 N–H and O–H groups in total. The first-order chi connectivity index (χ1) is 17.6. The molecule has 2 heterocycles. The largest absolute Gasteiger partial charge is 0.492 e. The fourth-order valence-corrected chi connectivity index (χ4v) is 5.02. The predicted octanol–water partition coefficient (Wildman–Crippen LogP) is 5.49. The lowest BCUT2D eigenvalue weighted by Crippen LogP contribution is -2.15. The number of fused-ring (bicyclic) bond motifs is 3. The molecule has 6 rings (SSSR count). The van der Waals surface area contributed by atoms with Crippen molar-refractivity contribution in [2.45, 2.75) is 31.3 Å². The summed E-state index contributed by atoms with van der Waals surface area (Å²) >= 11 is 0. The standard InChI is InChI=1S/C28H25FO7/c1-31-27(30)12-16-15-34-25-13-17(2-4-19(16)25)36-24-8-5-20-22(9-6-21(29)28(20)24)35-18-3-7-23-26(14-18)33-11-10-32-23/h2-4,6-7,9,13-14,16,24H,5,8,10-12,15H2,1H3/t16-,24-/m1/s1. The van der Waals surface area contributed by atoms with Crippen LogP contribution in [0.1, 0.15) is 41.6 Å². The summed E-state index contributed by atoms with van der Waals surface area (Å²) < 4.78 is 49.1. The van der Waals surface area contributed by atoms with Crippen LogP contribution in [0.25, 0.3) is 0 Å². The maximum absolute atomic E-state index is 15.0. The van der Waals surface area contributed by atoms with Crippen molar-refractivity contribution in [1.29, 1.82) is 0 Å². The third kappa shape index (κ3) is 4.17. The molecule has 0 radical (unpaired) electrons. The summed E-state index contributed by atoms with van der Waals surface area (Å²) in [6.45, 7) is 1.42. The fourth-order valence-electron chi connectivity index (χ4n) is 5.02. The topological polar surface area (TPSA) is 72.5 Å². The van der Waals surface area contributed by atoms with Gasteiger partial charge in [0.2, 0.25) is 0 Å². The monoisotopic (exact) mass is 492 g/mol. The third-order valence-corrected chi connectivity index (χ3v) is 6.76. The van der Waals surface area contributed by atoms with Crippen LogP contribution in [0.4, 0.5) is 4.39 Å². The third-order valence-electron chi connectivity index (χ3n) is 6.76. The minimum Gasteiger partial charge on any atom is -0.492 e. The van der Waals surface area contributed by atoms with Crippen molar-refractivity contribution >= 4 is 5.97 Å². The average Bonchev–Trinajstić information content (AvgIpc) is 3.50. The molecule has 0 fully saturated rings. The molecule has 2 aliphatic heterocycles. The van der Waals surface area contributed by atoms with Crippen molar-refractivity contribution in [3.05, 3.63) is 71.0 Å². The molecule has 36 heavy (non-hydrogen) atoms. The molecule has 8 heteroatoms. The molecule has 3 aromatic carbocycles. The summed E-state index contributed by atoms with van der Waals surface area (Å²) in [5.74, 6) is 3.12. The zero-order valence-corrected chi connectivity index (χ0v) is 19.8. The second kappa shape index (κ2) is 9.26. The lowest BCUT2D eigenvalue weighted by molar-refractivity contribution is -0.141. The van der Waals surface area contributed by atoms with Crippen LogP contribution in [0.3, 0.4) is 0 Å². The van der Waals surface area contributed by atoms with Crippen molar-refractivity contribution in [2.24, 2.45) is 0 Å². The second-order valence-electron chi connectivity index (χ2n) is 8.98.